The molecule has 0 saturated heterocycles. The highest BCUT2D eigenvalue weighted by Gasteiger charge is 2.10. The maximum absolute atomic E-state index is 8.75. The lowest BCUT2D eigenvalue weighted by molar-refractivity contribution is 0.540. The van der Waals surface area contributed by atoms with Gasteiger partial charge in [0.1, 0.15) is 17.3 Å². The van der Waals surface area contributed by atoms with E-state index >= 15 is 0 Å². The van der Waals surface area contributed by atoms with E-state index in [4.69, 9.17) is 9.68 Å². The zero-order chi connectivity index (χ0) is 10.1. The highest BCUT2D eigenvalue weighted by Crippen LogP contribution is 2.26. The van der Waals surface area contributed by atoms with E-state index in [0.717, 1.165) is 21.2 Å². The zero-order valence-electron chi connectivity index (χ0n) is 7.62. The molecule has 1 aromatic heterocycles. The number of fused-ring (bicyclic) bond motifs is 1. The predicted octanol–water partition coefficient (Wildman–Crippen LogP) is 3.82. The SMILES string of the molecule is CC(C#N)c1cc2cc(Br)ccc2o1. The topological polar surface area (TPSA) is 36.9 Å². The Morgan fingerprint density at radius 3 is 2.93 bits per heavy atom. The minimum atomic E-state index is -0.193. The van der Waals surface area contributed by atoms with E-state index in [-0.39, 0.29) is 5.92 Å². The van der Waals surface area contributed by atoms with Gasteiger partial charge in [-0.3, -0.25) is 0 Å². The van der Waals surface area contributed by atoms with Crippen LogP contribution in [0, 0.1) is 11.3 Å². The Morgan fingerprint density at radius 2 is 2.21 bits per heavy atom. The Bertz CT molecular complexity index is 509. The van der Waals surface area contributed by atoms with Crippen molar-refractivity contribution in [1.82, 2.24) is 0 Å². The van der Waals surface area contributed by atoms with Crippen molar-refractivity contribution in [1.29, 1.82) is 5.26 Å². The quantitative estimate of drug-likeness (QED) is 0.771. The Kier molecular flexibility index (Phi) is 2.30. The third-order valence-corrected chi connectivity index (χ3v) is 2.61. The van der Waals surface area contributed by atoms with E-state index in [1.807, 2.05) is 31.2 Å². The van der Waals surface area contributed by atoms with Crippen molar-refractivity contribution in [3.8, 4) is 6.07 Å². The summed E-state index contributed by atoms with van der Waals surface area (Å²) < 4.78 is 6.55. The first-order chi connectivity index (χ1) is 6.70. The lowest BCUT2D eigenvalue weighted by Crippen LogP contribution is -1.83. The van der Waals surface area contributed by atoms with Crippen LogP contribution >= 0.6 is 15.9 Å². The molecule has 0 N–H and O–H groups in total. The highest BCUT2D eigenvalue weighted by molar-refractivity contribution is 9.10. The lowest BCUT2D eigenvalue weighted by Gasteiger charge is -1.93. The summed E-state index contributed by atoms with van der Waals surface area (Å²) in [5, 5.41) is 9.77. The highest BCUT2D eigenvalue weighted by atomic mass is 79.9. The van der Waals surface area contributed by atoms with Gasteiger partial charge in [0.25, 0.3) is 0 Å². The molecule has 2 nitrogen and oxygen atoms in total. The second-order valence-electron chi connectivity index (χ2n) is 3.18. The van der Waals surface area contributed by atoms with Crippen molar-refractivity contribution in [2.75, 3.05) is 0 Å². The molecule has 0 aliphatic rings. The largest absolute Gasteiger partial charge is 0.460 e. The number of halogens is 1. The fraction of sp³-hybridized carbons (Fsp3) is 0.182. The minimum absolute atomic E-state index is 0.193. The van der Waals surface area contributed by atoms with E-state index in [1.54, 1.807) is 0 Å². The normalized spacial score (nSPS) is 12.6. The van der Waals surface area contributed by atoms with Crippen LogP contribution in [0.4, 0.5) is 0 Å². The maximum atomic E-state index is 8.75. The van der Waals surface area contributed by atoms with Gasteiger partial charge >= 0.3 is 0 Å². The first kappa shape index (κ1) is 9.29. The number of hydrogen-bond donors (Lipinski definition) is 0. The summed E-state index contributed by atoms with van der Waals surface area (Å²) in [6.45, 7) is 1.83. The van der Waals surface area contributed by atoms with Crippen LogP contribution in [0.15, 0.2) is 33.2 Å². The van der Waals surface area contributed by atoms with Crippen LogP contribution < -0.4 is 0 Å². The summed E-state index contributed by atoms with van der Waals surface area (Å²) in [6.07, 6.45) is 0. The van der Waals surface area contributed by atoms with E-state index < -0.39 is 0 Å². The molecule has 0 aliphatic carbocycles. The van der Waals surface area contributed by atoms with Gasteiger partial charge in [-0.15, -0.1) is 0 Å². The van der Waals surface area contributed by atoms with Crippen LogP contribution in [0.3, 0.4) is 0 Å². The smallest absolute Gasteiger partial charge is 0.134 e. The number of nitrogens with zero attached hydrogens (tertiary/aromatic N) is 1. The predicted molar refractivity (Wildman–Crippen MR) is 57.9 cm³/mol. The summed E-state index contributed by atoms with van der Waals surface area (Å²) in [5.41, 5.74) is 0.824. The number of hydrogen-bond acceptors (Lipinski definition) is 2. The Hall–Kier alpha value is -1.27. The van der Waals surface area contributed by atoms with E-state index in [0.29, 0.717) is 0 Å². The number of rotatable bonds is 1. The van der Waals surface area contributed by atoms with Crippen LogP contribution in [-0.2, 0) is 0 Å². The molecule has 0 aliphatic heterocycles. The monoisotopic (exact) mass is 249 g/mol. The van der Waals surface area contributed by atoms with Gasteiger partial charge in [0, 0.05) is 9.86 Å². The average molecular weight is 250 g/mol. The lowest BCUT2D eigenvalue weighted by atomic mass is 10.1. The summed E-state index contributed by atoms with van der Waals surface area (Å²) >= 11 is 3.39. The Labute approximate surface area is 90.3 Å². The van der Waals surface area contributed by atoms with Crippen LogP contribution in [-0.4, -0.2) is 0 Å². The summed E-state index contributed by atoms with van der Waals surface area (Å²) in [5.74, 6) is 0.529. The van der Waals surface area contributed by atoms with Gasteiger partial charge < -0.3 is 4.42 Å². The second kappa shape index (κ2) is 3.47. The van der Waals surface area contributed by atoms with Gasteiger partial charge in [-0.05, 0) is 31.2 Å². The van der Waals surface area contributed by atoms with Crippen molar-refractivity contribution in [3.63, 3.8) is 0 Å². The molecule has 14 heavy (non-hydrogen) atoms. The Balaban J connectivity index is 2.58. The summed E-state index contributed by atoms with van der Waals surface area (Å²) in [6, 6.07) is 9.86. The van der Waals surface area contributed by atoms with Crippen LogP contribution in [0.25, 0.3) is 11.0 Å². The third kappa shape index (κ3) is 1.53. The molecule has 0 fully saturated rings. The molecule has 0 saturated carbocycles. The molecule has 0 radical (unpaired) electrons. The fourth-order valence-electron chi connectivity index (χ4n) is 1.31. The molecule has 0 spiro atoms. The molecular weight excluding hydrogens is 242 g/mol. The van der Waals surface area contributed by atoms with Crippen molar-refractivity contribution >= 4 is 26.9 Å². The van der Waals surface area contributed by atoms with Crippen LogP contribution in [0.2, 0.25) is 0 Å². The third-order valence-electron chi connectivity index (χ3n) is 2.12. The van der Waals surface area contributed by atoms with Gasteiger partial charge in [-0.2, -0.15) is 5.26 Å². The van der Waals surface area contributed by atoms with E-state index in [9.17, 15) is 0 Å². The van der Waals surface area contributed by atoms with E-state index in [1.165, 1.54) is 0 Å². The molecule has 2 rings (SSSR count). The van der Waals surface area contributed by atoms with Crippen molar-refractivity contribution in [3.05, 3.63) is 34.5 Å². The molecule has 2 aromatic rings. The van der Waals surface area contributed by atoms with Crippen molar-refractivity contribution in [2.45, 2.75) is 12.8 Å². The molecule has 1 unspecified atom stereocenters. The van der Waals surface area contributed by atoms with E-state index in [2.05, 4.69) is 22.0 Å². The molecule has 3 heteroatoms. The molecule has 1 atom stereocenters. The molecule has 1 aromatic carbocycles. The average Bonchev–Trinajstić information content (AvgIpc) is 2.59. The standard InChI is InChI=1S/C11H8BrNO/c1-7(6-13)11-5-8-4-9(12)2-3-10(8)14-11/h2-5,7H,1H3. The number of benzene rings is 1. The fourth-order valence-corrected chi connectivity index (χ4v) is 1.69. The maximum Gasteiger partial charge on any atom is 0.134 e. The molecule has 70 valence electrons. The first-order valence-corrected chi connectivity index (χ1v) is 5.08. The van der Waals surface area contributed by atoms with Gasteiger partial charge in [0.05, 0.1) is 6.07 Å². The number of furan rings is 1. The van der Waals surface area contributed by atoms with Gasteiger partial charge in [-0.1, -0.05) is 15.9 Å². The molecule has 0 amide bonds. The minimum Gasteiger partial charge on any atom is -0.460 e. The summed E-state index contributed by atoms with van der Waals surface area (Å²) in [7, 11) is 0. The van der Waals surface area contributed by atoms with Gasteiger partial charge in [0.15, 0.2) is 0 Å². The Morgan fingerprint density at radius 1 is 1.43 bits per heavy atom. The zero-order valence-corrected chi connectivity index (χ0v) is 9.21. The van der Waals surface area contributed by atoms with Gasteiger partial charge in [0.2, 0.25) is 0 Å². The first-order valence-electron chi connectivity index (χ1n) is 4.29. The summed E-state index contributed by atoms with van der Waals surface area (Å²) in [4.78, 5) is 0. The van der Waals surface area contributed by atoms with Gasteiger partial charge in [-0.25, -0.2) is 0 Å². The second-order valence-corrected chi connectivity index (χ2v) is 4.10. The molecule has 1 heterocycles. The molecule has 0 bridgehead atoms. The van der Waals surface area contributed by atoms with Crippen LogP contribution in [0.5, 0.6) is 0 Å². The molecular formula is C11H8BrNO. The number of nitriles is 1. The van der Waals surface area contributed by atoms with Crippen molar-refractivity contribution in [2.24, 2.45) is 0 Å². The van der Waals surface area contributed by atoms with Crippen molar-refractivity contribution < 1.29 is 4.42 Å². The van der Waals surface area contributed by atoms with Crippen LogP contribution in [0.1, 0.15) is 18.6 Å².